The molecule has 1 aliphatic rings. The molecule has 92 valence electrons. The summed E-state index contributed by atoms with van der Waals surface area (Å²) in [5, 5.41) is 9.07. The van der Waals surface area contributed by atoms with Crippen LogP contribution < -0.4 is 5.73 Å². The fourth-order valence-corrected chi connectivity index (χ4v) is 2.05. The summed E-state index contributed by atoms with van der Waals surface area (Å²) in [6.45, 7) is 2.05. The summed E-state index contributed by atoms with van der Waals surface area (Å²) in [4.78, 5) is 6.47. The maximum atomic E-state index is 9.07. The summed E-state index contributed by atoms with van der Waals surface area (Å²) in [6, 6.07) is 9.73. The Bertz CT molecular complexity index is 370. The van der Waals surface area contributed by atoms with Crippen LogP contribution in [0.25, 0.3) is 0 Å². The Labute approximate surface area is 102 Å². The summed E-state index contributed by atoms with van der Waals surface area (Å²) >= 11 is 0. The predicted molar refractivity (Wildman–Crippen MR) is 69.1 cm³/mol. The summed E-state index contributed by atoms with van der Waals surface area (Å²) in [5.41, 5.74) is 6.86. The molecule has 1 aliphatic heterocycles. The molecule has 17 heavy (non-hydrogen) atoms. The number of piperidine rings is 1. The van der Waals surface area contributed by atoms with Crippen LogP contribution in [0.15, 0.2) is 35.3 Å². The van der Waals surface area contributed by atoms with E-state index in [-0.39, 0.29) is 6.61 Å². The predicted octanol–water partition coefficient (Wildman–Crippen LogP) is 1.34. The van der Waals surface area contributed by atoms with Crippen LogP contribution in [0.4, 0.5) is 5.69 Å². The van der Waals surface area contributed by atoms with Crippen molar-refractivity contribution in [3.63, 3.8) is 0 Å². The van der Waals surface area contributed by atoms with Gasteiger partial charge < -0.3 is 15.7 Å². The average molecular weight is 233 g/mol. The average Bonchev–Trinajstić information content (AvgIpc) is 2.40. The third-order valence-corrected chi connectivity index (χ3v) is 3.20. The normalized spacial score (nSPS) is 18.4. The van der Waals surface area contributed by atoms with Crippen LogP contribution in [0.1, 0.15) is 12.8 Å². The second-order valence-corrected chi connectivity index (χ2v) is 4.42. The van der Waals surface area contributed by atoms with Crippen LogP contribution in [-0.4, -0.2) is 35.7 Å². The molecule has 0 saturated carbocycles. The zero-order valence-electron chi connectivity index (χ0n) is 9.92. The van der Waals surface area contributed by atoms with Crippen LogP contribution >= 0.6 is 0 Å². The number of guanidine groups is 1. The van der Waals surface area contributed by atoms with Gasteiger partial charge in [0, 0.05) is 19.7 Å². The first-order valence-electron chi connectivity index (χ1n) is 6.04. The van der Waals surface area contributed by atoms with Gasteiger partial charge in [0.2, 0.25) is 0 Å². The van der Waals surface area contributed by atoms with E-state index < -0.39 is 0 Å². The van der Waals surface area contributed by atoms with E-state index in [1.807, 2.05) is 30.3 Å². The summed E-state index contributed by atoms with van der Waals surface area (Å²) < 4.78 is 0. The second kappa shape index (κ2) is 5.68. The molecule has 1 fully saturated rings. The molecule has 3 N–H and O–H groups in total. The van der Waals surface area contributed by atoms with Crippen LogP contribution in [0.5, 0.6) is 0 Å². The van der Waals surface area contributed by atoms with Crippen molar-refractivity contribution < 1.29 is 5.11 Å². The molecule has 2 rings (SSSR count). The van der Waals surface area contributed by atoms with E-state index >= 15 is 0 Å². The molecular formula is C13H19N3O. The largest absolute Gasteiger partial charge is 0.396 e. The SMILES string of the molecule is NC(=Nc1ccccc1)N1CCC(CO)CC1. The van der Waals surface area contributed by atoms with Gasteiger partial charge in [-0.25, -0.2) is 4.99 Å². The van der Waals surface area contributed by atoms with Gasteiger partial charge in [0.1, 0.15) is 0 Å². The number of rotatable bonds is 2. The summed E-state index contributed by atoms with van der Waals surface area (Å²) in [7, 11) is 0. The Morgan fingerprint density at radius 1 is 1.29 bits per heavy atom. The van der Waals surface area contributed by atoms with Gasteiger partial charge in [-0.15, -0.1) is 0 Å². The van der Waals surface area contributed by atoms with Crippen molar-refractivity contribution in [1.29, 1.82) is 0 Å². The maximum Gasteiger partial charge on any atom is 0.196 e. The maximum absolute atomic E-state index is 9.07. The van der Waals surface area contributed by atoms with Gasteiger partial charge in [0.15, 0.2) is 5.96 Å². The van der Waals surface area contributed by atoms with E-state index in [4.69, 9.17) is 10.8 Å². The van der Waals surface area contributed by atoms with E-state index in [2.05, 4.69) is 9.89 Å². The zero-order chi connectivity index (χ0) is 12.1. The highest BCUT2D eigenvalue weighted by Crippen LogP contribution is 2.17. The Morgan fingerprint density at radius 3 is 2.53 bits per heavy atom. The fraction of sp³-hybridized carbons (Fsp3) is 0.462. The smallest absolute Gasteiger partial charge is 0.196 e. The lowest BCUT2D eigenvalue weighted by atomic mass is 9.98. The molecule has 0 amide bonds. The molecule has 0 aromatic heterocycles. The highest BCUT2D eigenvalue weighted by Gasteiger charge is 2.19. The van der Waals surface area contributed by atoms with Crippen molar-refractivity contribution in [3.05, 3.63) is 30.3 Å². The molecular weight excluding hydrogens is 214 g/mol. The Balaban J connectivity index is 1.97. The van der Waals surface area contributed by atoms with Crippen LogP contribution in [0.3, 0.4) is 0 Å². The molecule has 4 heteroatoms. The minimum atomic E-state index is 0.281. The summed E-state index contributed by atoms with van der Waals surface area (Å²) in [6.07, 6.45) is 1.98. The fourth-order valence-electron chi connectivity index (χ4n) is 2.05. The molecule has 1 aromatic carbocycles. The number of nitrogens with zero attached hydrogens (tertiary/aromatic N) is 2. The number of nitrogens with two attached hydrogens (primary N) is 1. The monoisotopic (exact) mass is 233 g/mol. The lowest BCUT2D eigenvalue weighted by Gasteiger charge is -2.31. The number of hydrogen-bond acceptors (Lipinski definition) is 2. The van der Waals surface area contributed by atoms with Gasteiger partial charge in [-0.05, 0) is 30.9 Å². The first kappa shape index (κ1) is 11.9. The molecule has 1 heterocycles. The lowest BCUT2D eigenvalue weighted by Crippen LogP contribution is -2.43. The van der Waals surface area contributed by atoms with Crippen molar-refractivity contribution in [2.75, 3.05) is 19.7 Å². The molecule has 0 spiro atoms. The minimum absolute atomic E-state index is 0.281. The van der Waals surface area contributed by atoms with E-state index in [9.17, 15) is 0 Å². The molecule has 4 nitrogen and oxygen atoms in total. The van der Waals surface area contributed by atoms with Gasteiger partial charge in [-0.1, -0.05) is 18.2 Å². The highest BCUT2D eigenvalue weighted by molar-refractivity contribution is 5.81. The molecule has 1 saturated heterocycles. The van der Waals surface area contributed by atoms with Gasteiger partial charge in [0.05, 0.1) is 5.69 Å². The number of likely N-dealkylation sites (tertiary alicyclic amines) is 1. The molecule has 0 radical (unpaired) electrons. The number of aliphatic hydroxyl groups is 1. The van der Waals surface area contributed by atoms with Gasteiger partial charge in [0.25, 0.3) is 0 Å². The van der Waals surface area contributed by atoms with E-state index in [1.54, 1.807) is 0 Å². The van der Waals surface area contributed by atoms with Gasteiger partial charge >= 0.3 is 0 Å². The number of aliphatic hydroxyl groups excluding tert-OH is 1. The third kappa shape index (κ3) is 3.20. The van der Waals surface area contributed by atoms with Crippen LogP contribution in [0.2, 0.25) is 0 Å². The van der Waals surface area contributed by atoms with Crippen molar-refractivity contribution in [2.45, 2.75) is 12.8 Å². The van der Waals surface area contributed by atoms with E-state index in [1.165, 1.54) is 0 Å². The van der Waals surface area contributed by atoms with Crippen molar-refractivity contribution in [1.82, 2.24) is 4.90 Å². The minimum Gasteiger partial charge on any atom is -0.396 e. The van der Waals surface area contributed by atoms with Crippen molar-refractivity contribution in [2.24, 2.45) is 16.6 Å². The van der Waals surface area contributed by atoms with Crippen LogP contribution in [-0.2, 0) is 0 Å². The Morgan fingerprint density at radius 2 is 1.94 bits per heavy atom. The number of hydrogen-bond donors (Lipinski definition) is 2. The van der Waals surface area contributed by atoms with Crippen molar-refractivity contribution >= 4 is 11.6 Å². The lowest BCUT2D eigenvalue weighted by molar-refractivity contribution is 0.166. The molecule has 0 bridgehead atoms. The first-order chi connectivity index (χ1) is 8.29. The number of para-hydroxylation sites is 1. The molecule has 0 aliphatic carbocycles. The standard InChI is InChI=1S/C13H19N3O/c14-13(15-12-4-2-1-3-5-12)16-8-6-11(10-17)7-9-16/h1-5,11,17H,6-10H2,(H2,14,15). The topological polar surface area (TPSA) is 61.8 Å². The van der Waals surface area contributed by atoms with E-state index in [0.717, 1.165) is 31.6 Å². The van der Waals surface area contributed by atoms with Crippen molar-refractivity contribution in [3.8, 4) is 0 Å². The highest BCUT2D eigenvalue weighted by atomic mass is 16.3. The number of aliphatic imine (C=N–C) groups is 1. The molecule has 1 aromatic rings. The van der Waals surface area contributed by atoms with E-state index in [0.29, 0.717) is 11.9 Å². The quantitative estimate of drug-likeness (QED) is 0.598. The summed E-state index contributed by atoms with van der Waals surface area (Å²) in [5.74, 6) is 1.00. The Kier molecular flexibility index (Phi) is 3.98. The third-order valence-electron chi connectivity index (χ3n) is 3.20. The van der Waals surface area contributed by atoms with Gasteiger partial charge in [-0.2, -0.15) is 0 Å². The zero-order valence-corrected chi connectivity index (χ0v) is 9.92. The first-order valence-corrected chi connectivity index (χ1v) is 6.04. The molecule has 0 atom stereocenters. The Hall–Kier alpha value is -1.55. The molecule has 0 unspecified atom stereocenters. The second-order valence-electron chi connectivity index (χ2n) is 4.42. The van der Waals surface area contributed by atoms with Crippen LogP contribution in [0, 0.1) is 5.92 Å². The number of benzene rings is 1. The van der Waals surface area contributed by atoms with Gasteiger partial charge in [-0.3, -0.25) is 0 Å².